The summed E-state index contributed by atoms with van der Waals surface area (Å²) >= 11 is 19.3. The Kier molecular flexibility index (Phi) is 11.9. The number of carbonyl (C=O) groups excluding carboxylic acids is 2. The molecular formula is C34H34Cl3N3O4S. The zero-order chi connectivity index (χ0) is 32.6. The number of amides is 2. The molecule has 11 heteroatoms. The van der Waals surface area contributed by atoms with E-state index in [1.165, 1.54) is 35.2 Å². The molecule has 0 aromatic heterocycles. The van der Waals surface area contributed by atoms with Gasteiger partial charge in [-0.2, -0.15) is 0 Å². The molecule has 236 valence electrons. The zero-order valence-corrected chi connectivity index (χ0v) is 28.0. The van der Waals surface area contributed by atoms with E-state index in [1.54, 1.807) is 42.5 Å². The predicted molar refractivity (Wildman–Crippen MR) is 181 cm³/mol. The van der Waals surface area contributed by atoms with E-state index < -0.39 is 28.5 Å². The molecule has 0 aliphatic carbocycles. The van der Waals surface area contributed by atoms with Gasteiger partial charge in [0.1, 0.15) is 12.6 Å². The van der Waals surface area contributed by atoms with E-state index in [-0.39, 0.29) is 45.4 Å². The molecule has 0 spiro atoms. The number of benzene rings is 4. The van der Waals surface area contributed by atoms with Crippen LogP contribution >= 0.6 is 34.8 Å². The molecule has 0 fully saturated rings. The average Bonchev–Trinajstić information content (AvgIpc) is 3.03. The lowest BCUT2D eigenvalue weighted by atomic mass is 10.0. The van der Waals surface area contributed by atoms with Crippen molar-refractivity contribution < 1.29 is 18.0 Å². The van der Waals surface area contributed by atoms with Crippen LogP contribution in [0.25, 0.3) is 0 Å². The van der Waals surface area contributed by atoms with Gasteiger partial charge in [-0.1, -0.05) is 115 Å². The zero-order valence-electron chi connectivity index (χ0n) is 24.9. The largest absolute Gasteiger partial charge is 0.354 e. The number of sulfonamides is 1. The Bertz CT molecular complexity index is 1720. The summed E-state index contributed by atoms with van der Waals surface area (Å²) in [4.78, 5) is 29.7. The summed E-state index contributed by atoms with van der Waals surface area (Å²) in [6.45, 7) is 3.63. The van der Waals surface area contributed by atoms with Gasteiger partial charge in [0.05, 0.1) is 15.6 Å². The second-order valence-corrected chi connectivity index (χ2v) is 14.0. The quantitative estimate of drug-likeness (QED) is 0.161. The fourth-order valence-corrected chi connectivity index (χ4v) is 6.77. The van der Waals surface area contributed by atoms with Crippen molar-refractivity contribution in [3.8, 4) is 0 Å². The van der Waals surface area contributed by atoms with Crippen LogP contribution in [0.5, 0.6) is 0 Å². The van der Waals surface area contributed by atoms with Gasteiger partial charge < -0.3 is 10.2 Å². The van der Waals surface area contributed by atoms with E-state index in [2.05, 4.69) is 5.32 Å². The number of carbonyl (C=O) groups is 2. The summed E-state index contributed by atoms with van der Waals surface area (Å²) in [7, 11) is -4.31. The van der Waals surface area contributed by atoms with Crippen molar-refractivity contribution in [2.45, 2.75) is 37.8 Å². The molecule has 1 atom stereocenters. The van der Waals surface area contributed by atoms with Crippen LogP contribution in [0.2, 0.25) is 15.1 Å². The Morgan fingerprint density at radius 1 is 0.800 bits per heavy atom. The molecule has 0 saturated carbocycles. The van der Waals surface area contributed by atoms with Crippen LogP contribution in [-0.4, -0.2) is 44.3 Å². The minimum atomic E-state index is -4.31. The molecule has 0 saturated heterocycles. The van der Waals surface area contributed by atoms with Crippen LogP contribution in [0.4, 0.5) is 5.69 Å². The third-order valence-electron chi connectivity index (χ3n) is 7.04. The molecule has 4 rings (SSSR count). The van der Waals surface area contributed by atoms with E-state index in [0.717, 1.165) is 9.87 Å². The predicted octanol–water partition coefficient (Wildman–Crippen LogP) is 7.25. The number of rotatable bonds is 13. The van der Waals surface area contributed by atoms with Gasteiger partial charge in [0.15, 0.2) is 0 Å². The molecule has 4 aromatic carbocycles. The molecule has 7 nitrogen and oxygen atoms in total. The van der Waals surface area contributed by atoms with Gasteiger partial charge in [-0.05, 0) is 53.4 Å². The standard InChI is InChI=1S/C34H34Cl3N3O4S/c1-24(2)21-38-34(42)32(19-25-11-5-3-6-12-25)39(22-26-13-9-10-16-29(26)36)33(41)23-40(31-20-27(35)17-18-30(31)37)45(43,44)28-14-7-4-8-15-28/h3-18,20,24,32H,19,21-23H2,1-2H3,(H,38,42). The van der Waals surface area contributed by atoms with E-state index >= 15 is 0 Å². The fraction of sp³-hybridized carbons (Fsp3) is 0.235. The van der Waals surface area contributed by atoms with E-state index in [0.29, 0.717) is 17.1 Å². The lowest BCUT2D eigenvalue weighted by Crippen LogP contribution is -2.53. The molecule has 4 aromatic rings. The Labute approximate surface area is 279 Å². The monoisotopic (exact) mass is 685 g/mol. The lowest BCUT2D eigenvalue weighted by Gasteiger charge is -2.34. The summed E-state index contributed by atoms with van der Waals surface area (Å²) in [6, 6.07) is 27.5. The Morgan fingerprint density at radius 2 is 1.42 bits per heavy atom. The molecule has 1 unspecified atom stereocenters. The summed E-state index contributed by atoms with van der Waals surface area (Å²) in [5.74, 6) is -0.840. The Hall–Kier alpha value is -3.56. The highest BCUT2D eigenvalue weighted by Gasteiger charge is 2.35. The van der Waals surface area contributed by atoms with Crippen molar-refractivity contribution in [2.75, 3.05) is 17.4 Å². The maximum Gasteiger partial charge on any atom is 0.264 e. The molecule has 45 heavy (non-hydrogen) atoms. The van der Waals surface area contributed by atoms with Gasteiger partial charge >= 0.3 is 0 Å². The first-order valence-corrected chi connectivity index (χ1v) is 16.9. The molecule has 0 bridgehead atoms. The number of halogens is 3. The van der Waals surface area contributed by atoms with Crippen LogP contribution in [-0.2, 0) is 32.6 Å². The molecule has 0 radical (unpaired) electrons. The first kappa shape index (κ1) is 34.3. The van der Waals surface area contributed by atoms with Crippen LogP contribution in [0.1, 0.15) is 25.0 Å². The SMILES string of the molecule is CC(C)CNC(=O)C(Cc1ccccc1)N(Cc1ccccc1Cl)C(=O)CN(c1cc(Cl)ccc1Cl)S(=O)(=O)c1ccccc1. The van der Waals surface area contributed by atoms with E-state index in [4.69, 9.17) is 34.8 Å². The maximum absolute atomic E-state index is 14.5. The summed E-state index contributed by atoms with van der Waals surface area (Å²) in [5, 5.41) is 3.68. The van der Waals surface area contributed by atoms with Crippen molar-refractivity contribution in [1.82, 2.24) is 10.2 Å². The van der Waals surface area contributed by atoms with Crippen molar-refractivity contribution in [1.29, 1.82) is 0 Å². The minimum Gasteiger partial charge on any atom is -0.354 e. The summed E-state index contributed by atoms with van der Waals surface area (Å²) in [5.41, 5.74) is 1.45. The number of anilines is 1. The Balaban J connectivity index is 1.83. The van der Waals surface area contributed by atoms with E-state index in [9.17, 15) is 18.0 Å². The van der Waals surface area contributed by atoms with Gasteiger partial charge in [-0.15, -0.1) is 0 Å². The lowest BCUT2D eigenvalue weighted by molar-refractivity contribution is -0.140. The van der Waals surface area contributed by atoms with Crippen molar-refractivity contribution in [3.05, 3.63) is 129 Å². The van der Waals surface area contributed by atoms with Crippen molar-refractivity contribution >= 4 is 62.3 Å². The van der Waals surface area contributed by atoms with Crippen LogP contribution < -0.4 is 9.62 Å². The molecule has 0 heterocycles. The normalized spacial score (nSPS) is 12.0. The summed E-state index contributed by atoms with van der Waals surface area (Å²) in [6.07, 6.45) is 0.185. The molecule has 0 aliphatic rings. The molecule has 2 amide bonds. The highest BCUT2D eigenvalue weighted by Crippen LogP contribution is 2.33. The fourth-order valence-electron chi connectivity index (χ4n) is 4.70. The molecule has 1 N–H and O–H groups in total. The first-order chi connectivity index (χ1) is 21.5. The van der Waals surface area contributed by atoms with Crippen LogP contribution in [0, 0.1) is 5.92 Å². The third-order valence-corrected chi connectivity index (χ3v) is 9.74. The first-order valence-electron chi connectivity index (χ1n) is 14.3. The van der Waals surface area contributed by atoms with Crippen LogP contribution in [0.3, 0.4) is 0 Å². The number of hydrogen-bond acceptors (Lipinski definition) is 4. The highest BCUT2D eigenvalue weighted by molar-refractivity contribution is 7.92. The van der Waals surface area contributed by atoms with Crippen LogP contribution in [0.15, 0.2) is 108 Å². The number of nitrogens with one attached hydrogen (secondary N) is 1. The van der Waals surface area contributed by atoms with E-state index in [1.807, 2.05) is 44.2 Å². The second kappa shape index (κ2) is 15.6. The second-order valence-electron chi connectivity index (χ2n) is 10.9. The average molecular weight is 687 g/mol. The summed E-state index contributed by atoms with van der Waals surface area (Å²) < 4.78 is 29.1. The maximum atomic E-state index is 14.5. The van der Waals surface area contributed by atoms with Gasteiger partial charge in [0.25, 0.3) is 10.0 Å². The minimum absolute atomic E-state index is 0.0305. The number of hydrogen-bond donors (Lipinski definition) is 1. The van der Waals surface area contributed by atoms with Crippen molar-refractivity contribution in [2.24, 2.45) is 5.92 Å². The van der Waals surface area contributed by atoms with Gasteiger partial charge in [0, 0.05) is 29.6 Å². The number of nitrogens with zero attached hydrogens (tertiary/aromatic N) is 2. The van der Waals surface area contributed by atoms with Gasteiger partial charge in [0.2, 0.25) is 11.8 Å². The molecule has 0 aliphatic heterocycles. The smallest absolute Gasteiger partial charge is 0.264 e. The third kappa shape index (κ3) is 9.01. The molecular weight excluding hydrogens is 653 g/mol. The highest BCUT2D eigenvalue weighted by atomic mass is 35.5. The Morgan fingerprint density at radius 3 is 2.07 bits per heavy atom. The van der Waals surface area contributed by atoms with Gasteiger partial charge in [-0.25, -0.2) is 8.42 Å². The van der Waals surface area contributed by atoms with Gasteiger partial charge in [-0.3, -0.25) is 13.9 Å². The topological polar surface area (TPSA) is 86.8 Å². The van der Waals surface area contributed by atoms with Crippen molar-refractivity contribution in [3.63, 3.8) is 0 Å².